The predicted octanol–water partition coefficient (Wildman–Crippen LogP) is 3.41. The van der Waals surface area contributed by atoms with Crippen molar-refractivity contribution in [1.82, 2.24) is 0 Å². The number of hydrogen-bond acceptors (Lipinski definition) is 8. The highest BCUT2D eigenvalue weighted by Gasteiger charge is 2.24. The number of benzene rings is 3. The van der Waals surface area contributed by atoms with Crippen molar-refractivity contribution in [1.29, 1.82) is 0 Å². The maximum absolute atomic E-state index is 11.6. The van der Waals surface area contributed by atoms with Gasteiger partial charge in [-0.15, -0.1) is 0 Å². The third-order valence-electron chi connectivity index (χ3n) is 6.72. The summed E-state index contributed by atoms with van der Waals surface area (Å²) in [5.41, 5.74) is 9.52. The molecule has 13 heteroatoms. The third kappa shape index (κ3) is 7.38. The van der Waals surface area contributed by atoms with Gasteiger partial charge >= 0.3 is 5.97 Å². The van der Waals surface area contributed by atoms with Gasteiger partial charge in [0.15, 0.2) is 0 Å². The SMILES string of the molecule is NC(CCCC[n+]1c(-c2ccc(S(=O)(=O)[O-])cc2)cc(-c2ccc(O)cc2)cc1-c1ccc(S(=O)(=O)O)cc1)C(=O)O. The van der Waals surface area contributed by atoms with E-state index in [0.717, 1.165) is 5.56 Å². The number of aromatic hydroxyl groups is 1. The normalized spacial score (nSPS) is 12.6. The molecule has 0 bridgehead atoms. The molecule has 11 nitrogen and oxygen atoms in total. The largest absolute Gasteiger partial charge is 0.744 e. The molecule has 0 amide bonds. The molecule has 0 aliphatic heterocycles. The van der Waals surface area contributed by atoms with Gasteiger partial charge < -0.3 is 20.5 Å². The molecule has 0 aliphatic carbocycles. The topological polar surface area (TPSA) is 199 Å². The number of unbranched alkanes of at least 4 members (excludes halogenated alkanes) is 1. The molecule has 1 atom stereocenters. The van der Waals surface area contributed by atoms with Crippen molar-refractivity contribution in [2.45, 2.75) is 41.6 Å². The van der Waals surface area contributed by atoms with E-state index in [2.05, 4.69) is 0 Å². The van der Waals surface area contributed by atoms with Gasteiger partial charge in [0.1, 0.15) is 28.5 Å². The maximum Gasteiger partial charge on any atom is 0.320 e. The number of phenols is 1. The molecular weight excluding hydrogens is 584 g/mol. The summed E-state index contributed by atoms with van der Waals surface area (Å²) in [4.78, 5) is 10.5. The molecular formula is C29H28N2O9S2. The number of aliphatic carboxylic acids is 1. The van der Waals surface area contributed by atoms with Gasteiger partial charge in [-0.3, -0.25) is 9.35 Å². The molecule has 1 aromatic heterocycles. The molecule has 0 saturated carbocycles. The molecule has 0 saturated heterocycles. The number of carbonyl (C=O) groups is 1. The number of aromatic nitrogens is 1. The number of hydrogen-bond donors (Lipinski definition) is 4. The first-order valence-corrected chi connectivity index (χ1v) is 15.6. The summed E-state index contributed by atoms with van der Waals surface area (Å²) in [7, 11) is -9.11. The van der Waals surface area contributed by atoms with E-state index < -0.39 is 37.1 Å². The number of nitrogens with zero attached hydrogens (tertiary/aromatic N) is 1. The second kappa shape index (κ2) is 12.4. The van der Waals surface area contributed by atoms with Crippen LogP contribution < -0.4 is 10.3 Å². The Bertz CT molecular complexity index is 1710. The fourth-order valence-electron chi connectivity index (χ4n) is 4.51. The zero-order valence-corrected chi connectivity index (χ0v) is 23.8. The molecule has 220 valence electrons. The number of carboxylic acids is 1. The fraction of sp³-hybridized carbons (Fsp3) is 0.172. The lowest BCUT2D eigenvalue weighted by molar-refractivity contribution is -0.675. The summed E-state index contributed by atoms with van der Waals surface area (Å²) in [6.07, 6.45) is 1.24. The van der Waals surface area contributed by atoms with Crippen molar-refractivity contribution in [3.8, 4) is 39.4 Å². The van der Waals surface area contributed by atoms with Gasteiger partial charge in [0.05, 0.1) is 9.79 Å². The van der Waals surface area contributed by atoms with Gasteiger partial charge in [0, 0.05) is 29.7 Å². The monoisotopic (exact) mass is 612 g/mol. The van der Waals surface area contributed by atoms with Crippen LogP contribution in [-0.2, 0) is 31.6 Å². The second-order valence-corrected chi connectivity index (χ2v) is 12.4. The molecule has 42 heavy (non-hydrogen) atoms. The Hall–Kier alpha value is -4.14. The number of phenolic OH excluding ortho intramolecular Hbond substituents is 1. The average Bonchev–Trinajstić information content (AvgIpc) is 2.94. The molecule has 1 heterocycles. The minimum atomic E-state index is -4.68. The van der Waals surface area contributed by atoms with Crippen molar-refractivity contribution in [2.75, 3.05) is 0 Å². The molecule has 5 N–H and O–H groups in total. The highest BCUT2D eigenvalue weighted by Crippen LogP contribution is 2.31. The van der Waals surface area contributed by atoms with Crippen LogP contribution in [0.3, 0.4) is 0 Å². The van der Waals surface area contributed by atoms with E-state index in [9.17, 15) is 35.8 Å². The van der Waals surface area contributed by atoms with Gasteiger partial charge in [-0.2, -0.15) is 13.0 Å². The van der Waals surface area contributed by atoms with Crippen LogP contribution in [0.1, 0.15) is 19.3 Å². The van der Waals surface area contributed by atoms with Crippen molar-refractivity contribution in [3.05, 3.63) is 84.9 Å². The van der Waals surface area contributed by atoms with Crippen LogP contribution in [0, 0.1) is 0 Å². The van der Waals surface area contributed by atoms with E-state index in [-0.39, 0.29) is 17.1 Å². The Labute approximate surface area is 243 Å². The molecule has 0 spiro atoms. The minimum Gasteiger partial charge on any atom is -0.744 e. The Morgan fingerprint density at radius 1 is 0.762 bits per heavy atom. The molecule has 0 fully saturated rings. The first-order valence-electron chi connectivity index (χ1n) is 12.7. The molecule has 0 aliphatic rings. The summed E-state index contributed by atoms with van der Waals surface area (Å²) >= 11 is 0. The first-order chi connectivity index (χ1) is 19.7. The van der Waals surface area contributed by atoms with E-state index >= 15 is 0 Å². The van der Waals surface area contributed by atoms with E-state index in [0.29, 0.717) is 47.5 Å². The van der Waals surface area contributed by atoms with Crippen LogP contribution >= 0.6 is 0 Å². The first kappa shape index (κ1) is 30.8. The van der Waals surface area contributed by atoms with Gasteiger partial charge in [-0.05, 0) is 84.6 Å². The van der Waals surface area contributed by atoms with Crippen LogP contribution in [0.25, 0.3) is 33.6 Å². The Balaban J connectivity index is 1.91. The smallest absolute Gasteiger partial charge is 0.320 e. The highest BCUT2D eigenvalue weighted by molar-refractivity contribution is 7.86. The van der Waals surface area contributed by atoms with Crippen molar-refractivity contribution >= 4 is 26.2 Å². The fourth-order valence-corrected chi connectivity index (χ4v) is 5.46. The van der Waals surface area contributed by atoms with Crippen molar-refractivity contribution in [2.24, 2.45) is 5.73 Å². The number of carboxylic acid groups (broad SMARTS) is 1. The number of pyridine rings is 1. The second-order valence-electron chi connectivity index (χ2n) is 9.63. The quantitative estimate of drug-likeness (QED) is 0.111. The minimum absolute atomic E-state index is 0.0694. The average molecular weight is 613 g/mol. The van der Waals surface area contributed by atoms with Crippen LogP contribution in [0.4, 0.5) is 0 Å². The maximum atomic E-state index is 11.6. The van der Waals surface area contributed by atoms with Crippen molar-refractivity contribution in [3.63, 3.8) is 0 Å². The lowest BCUT2D eigenvalue weighted by Gasteiger charge is -2.14. The van der Waals surface area contributed by atoms with Crippen LogP contribution in [-0.4, -0.2) is 48.2 Å². The standard InChI is InChI=1S/C29H28N2O9S2/c30-26(29(33)34)3-1-2-16-31-27(20-6-12-24(13-7-20)41(35,36)37)17-22(19-4-10-23(32)11-5-19)18-28(31)21-8-14-25(15-9-21)42(38,39)40/h4-15,17-18,26H,1-3,16,30H2,(H3,33,34,35,36,37,38,39,40). The van der Waals surface area contributed by atoms with E-state index in [1.165, 1.54) is 60.7 Å². The molecule has 1 unspecified atom stereocenters. The molecule has 4 aromatic rings. The summed E-state index contributed by atoms with van der Waals surface area (Å²) in [5, 5.41) is 18.9. The Morgan fingerprint density at radius 3 is 1.69 bits per heavy atom. The van der Waals surface area contributed by atoms with Gasteiger partial charge in [-0.25, -0.2) is 8.42 Å². The Kier molecular flexibility index (Phi) is 9.09. The summed E-state index contributed by atoms with van der Waals surface area (Å²) in [6, 6.07) is 20.2. The highest BCUT2D eigenvalue weighted by atomic mass is 32.2. The van der Waals surface area contributed by atoms with Crippen molar-refractivity contribution < 1.29 is 45.5 Å². The predicted molar refractivity (Wildman–Crippen MR) is 152 cm³/mol. The third-order valence-corrected chi connectivity index (χ3v) is 8.43. The summed E-state index contributed by atoms with van der Waals surface area (Å²) in [5.74, 6) is -1.03. The molecule has 3 aromatic carbocycles. The van der Waals surface area contributed by atoms with E-state index in [4.69, 9.17) is 10.8 Å². The number of nitrogens with two attached hydrogens (primary N) is 1. The van der Waals surface area contributed by atoms with Gasteiger partial charge in [-0.1, -0.05) is 12.1 Å². The Morgan fingerprint density at radius 2 is 1.24 bits per heavy atom. The molecule has 0 radical (unpaired) electrons. The summed E-state index contributed by atoms with van der Waals surface area (Å²) in [6.45, 7) is 0.370. The van der Waals surface area contributed by atoms with E-state index in [1.54, 1.807) is 12.1 Å². The van der Waals surface area contributed by atoms with Gasteiger partial charge in [0.25, 0.3) is 10.1 Å². The number of rotatable bonds is 11. The zero-order chi connectivity index (χ0) is 30.7. The lowest BCUT2D eigenvalue weighted by atomic mass is 9.98. The van der Waals surface area contributed by atoms with Crippen LogP contribution in [0.15, 0.2) is 94.7 Å². The van der Waals surface area contributed by atoms with Crippen LogP contribution in [0.2, 0.25) is 0 Å². The lowest BCUT2D eigenvalue weighted by Crippen LogP contribution is -2.39. The molecule has 4 rings (SSSR count). The van der Waals surface area contributed by atoms with E-state index in [1.807, 2.05) is 16.7 Å². The van der Waals surface area contributed by atoms with Crippen LogP contribution in [0.5, 0.6) is 5.75 Å². The van der Waals surface area contributed by atoms with Gasteiger partial charge in [0.2, 0.25) is 11.4 Å². The summed E-state index contributed by atoms with van der Waals surface area (Å²) < 4.78 is 69.3. The zero-order valence-electron chi connectivity index (χ0n) is 22.1.